The minimum atomic E-state index is -4.61. The van der Waals surface area contributed by atoms with Gasteiger partial charge in [-0.2, -0.15) is 13.2 Å². The van der Waals surface area contributed by atoms with Gasteiger partial charge in [-0.25, -0.2) is 13.8 Å². The van der Waals surface area contributed by atoms with Gasteiger partial charge in [0.1, 0.15) is 11.3 Å². The number of fused-ring (bicyclic) bond motifs is 1. The summed E-state index contributed by atoms with van der Waals surface area (Å²) in [4.78, 5) is 4.56. The van der Waals surface area contributed by atoms with Crippen molar-refractivity contribution in [3.05, 3.63) is 29.5 Å². The van der Waals surface area contributed by atoms with E-state index in [4.69, 9.17) is 10.5 Å². The van der Waals surface area contributed by atoms with Gasteiger partial charge in [0, 0.05) is 22.8 Å². The van der Waals surface area contributed by atoms with E-state index in [0.29, 0.717) is 16.5 Å². The van der Waals surface area contributed by atoms with Crippen molar-refractivity contribution in [2.75, 3.05) is 11.1 Å². The highest BCUT2D eigenvalue weighted by Crippen LogP contribution is 2.38. The van der Waals surface area contributed by atoms with Crippen molar-refractivity contribution in [3.8, 4) is 0 Å². The number of ether oxygens (including phenoxy) is 1. The highest BCUT2D eigenvalue weighted by molar-refractivity contribution is 6.01. The first-order valence-corrected chi connectivity index (χ1v) is 10.5. The number of nitrogen functional groups attached to an aromatic ring is 1. The average Bonchev–Trinajstić information content (AvgIpc) is 3.13. The number of rotatable bonds is 5. The Bertz CT molecular complexity index is 1130. The number of anilines is 2. The molecule has 1 aliphatic carbocycles. The van der Waals surface area contributed by atoms with Gasteiger partial charge >= 0.3 is 6.30 Å². The Morgan fingerprint density at radius 1 is 1.21 bits per heavy atom. The zero-order chi connectivity index (χ0) is 25.1. The number of benzene rings is 1. The van der Waals surface area contributed by atoms with Crippen molar-refractivity contribution in [1.29, 1.82) is 0 Å². The molecule has 4 rings (SSSR count). The molecule has 2 aromatic rings. The van der Waals surface area contributed by atoms with E-state index in [2.05, 4.69) is 20.8 Å². The molecule has 1 aromatic heterocycles. The number of nitrogens with two attached hydrogens (primary N) is 1. The van der Waals surface area contributed by atoms with Crippen LogP contribution in [0.3, 0.4) is 0 Å². The van der Waals surface area contributed by atoms with Gasteiger partial charge < -0.3 is 15.6 Å². The Morgan fingerprint density at radius 2 is 1.88 bits per heavy atom. The summed E-state index contributed by atoms with van der Waals surface area (Å²) >= 11 is 0. The molecule has 1 unspecified atom stereocenters. The number of halogens is 5. The van der Waals surface area contributed by atoms with Crippen LogP contribution in [0.15, 0.2) is 23.3 Å². The van der Waals surface area contributed by atoms with Gasteiger partial charge in [-0.05, 0) is 42.0 Å². The summed E-state index contributed by atoms with van der Waals surface area (Å²) in [5.41, 5.74) is 7.50. The number of hydrazone groups is 1. The molecule has 8 nitrogen and oxygen atoms in total. The van der Waals surface area contributed by atoms with Crippen LogP contribution in [-0.4, -0.2) is 46.7 Å². The number of aliphatic hydroxyl groups is 1. The Morgan fingerprint density at radius 3 is 2.47 bits per heavy atom. The van der Waals surface area contributed by atoms with Crippen LogP contribution >= 0.6 is 0 Å². The minimum Gasteiger partial charge on any atom is -0.436 e. The lowest BCUT2D eigenvalue weighted by Gasteiger charge is -2.43. The van der Waals surface area contributed by atoms with Crippen LogP contribution < -0.4 is 21.8 Å². The van der Waals surface area contributed by atoms with Gasteiger partial charge in [-0.1, -0.05) is 20.8 Å². The molecule has 1 atom stereocenters. The monoisotopic (exact) mass is 488 g/mol. The molecule has 0 spiro atoms. The quantitative estimate of drug-likeness (QED) is 0.324. The van der Waals surface area contributed by atoms with Crippen molar-refractivity contribution < 1.29 is 31.8 Å². The predicted molar refractivity (Wildman–Crippen MR) is 116 cm³/mol. The molecular weight excluding hydrogens is 463 g/mol. The fraction of sp³-hybridized carbons (Fsp3) is 0.524. The first-order valence-electron chi connectivity index (χ1n) is 10.5. The summed E-state index contributed by atoms with van der Waals surface area (Å²) < 4.78 is 70.0. The standard InChI is InChI=1S/C21H25F5N6O2/c1-19(2,3)12-5-9(30-21(24,25)26)4-11-13(27)6-14(29-15(11)12)16-31-32-18(34-16)28-10-7-20(33,8-10)17(22)23/h4-6,10,17-18,28,30,32-33H,7-8H2,1-3H3,(H2,27,29)/t10-,18?,20+. The molecule has 13 heteroatoms. The molecule has 2 heterocycles. The Kier molecular flexibility index (Phi) is 5.75. The van der Waals surface area contributed by atoms with Crippen LogP contribution in [0.25, 0.3) is 10.9 Å². The van der Waals surface area contributed by atoms with Gasteiger partial charge in [0.25, 0.3) is 12.3 Å². The fourth-order valence-electron chi connectivity index (χ4n) is 4.04. The first kappa shape index (κ1) is 24.2. The number of alkyl halides is 5. The van der Waals surface area contributed by atoms with Crippen molar-refractivity contribution in [3.63, 3.8) is 0 Å². The van der Waals surface area contributed by atoms with E-state index in [0.717, 1.165) is 0 Å². The van der Waals surface area contributed by atoms with Crippen molar-refractivity contribution in [2.45, 2.75) is 69.7 Å². The molecule has 1 aliphatic heterocycles. The molecule has 6 N–H and O–H groups in total. The lowest BCUT2D eigenvalue weighted by atomic mass is 9.76. The van der Waals surface area contributed by atoms with E-state index in [-0.39, 0.29) is 35.8 Å². The maximum atomic E-state index is 12.9. The summed E-state index contributed by atoms with van der Waals surface area (Å²) in [6.07, 6.45) is -8.54. The highest BCUT2D eigenvalue weighted by Gasteiger charge is 2.50. The van der Waals surface area contributed by atoms with Crippen LogP contribution in [-0.2, 0) is 10.2 Å². The van der Waals surface area contributed by atoms with Crippen molar-refractivity contribution >= 4 is 28.2 Å². The summed E-state index contributed by atoms with van der Waals surface area (Å²) in [7, 11) is 0. The SMILES string of the molecule is CC(C)(C)c1cc(NC(F)(F)F)cc2c(N)cc(C3=NNC(N[C@H]4C[C@](O)(C(F)F)C4)O3)nc12. The van der Waals surface area contributed by atoms with E-state index in [9.17, 15) is 27.1 Å². The lowest BCUT2D eigenvalue weighted by molar-refractivity contribution is -0.160. The van der Waals surface area contributed by atoms with Gasteiger partial charge in [0.2, 0.25) is 6.35 Å². The summed E-state index contributed by atoms with van der Waals surface area (Å²) in [5, 5.41) is 18.5. The molecule has 186 valence electrons. The Balaban J connectivity index is 1.58. The third kappa shape index (κ3) is 4.80. The van der Waals surface area contributed by atoms with Crippen LogP contribution in [0.1, 0.15) is 44.9 Å². The van der Waals surface area contributed by atoms with Crippen molar-refractivity contribution in [1.82, 2.24) is 15.7 Å². The largest absolute Gasteiger partial charge is 0.482 e. The van der Waals surface area contributed by atoms with Gasteiger partial charge in [0.15, 0.2) is 0 Å². The molecule has 34 heavy (non-hydrogen) atoms. The van der Waals surface area contributed by atoms with E-state index < -0.39 is 36.1 Å². The van der Waals surface area contributed by atoms with Crippen molar-refractivity contribution in [2.24, 2.45) is 5.10 Å². The molecule has 0 bridgehead atoms. The molecular formula is C21H25F5N6O2. The van der Waals surface area contributed by atoms with E-state index >= 15 is 0 Å². The highest BCUT2D eigenvalue weighted by atomic mass is 19.4. The second-order valence-electron chi connectivity index (χ2n) is 9.61. The number of nitrogens with one attached hydrogen (secondary N) is 3. The number of nitrogens with zero attached hydrogens (tertiary/aromatic N) is 2. The topological polar surface area (TPSA) is 117 Å². The van der Waals surface area contributed by atoms with Crippen LogP contribution in [0.5, 0.6) is 0 Å². The first-order chi connectivity index (χ1) is 15.6. The van der Waals surface area contributed by atoms with Gasteiger partial charge in [0.05, 0.1) is 5.52 Å². The zero-order valence-electron chi connectivity index (χ0n) is 18.6. The second-order valence-corrected chi connectivity index (χ2v) is 9.61. The van der Waals surface area contributed by atoms with Crippen LogP contribution in [0, 0.1) is 0 Å². The summed E-state index contributed by atoms with van der Waals surface area (Å²) in [5.74, 6) is 0.0758. The third-order valence-corrected chi connectivity index (χ3v) is 5.76. The van der Waals surface area contributed by atoms with Crippen LogP contribution in [0.2, 0.25) is 0 Å². The minimum absolute atomic E-state index is 0.0758. The smallest absolute Gasteiger partial charge is 0.436 e. The summed E-state index contributed by atoms with van der Waals surface area (Å²) in [6.45, 7) is 5.52. The van der Waals surface area contributed by atoms with E-state index in [1.165, 1.54) is 23.5 Å². The van der Waals surface area contributed by atoms with Gasteiger partial charge in [-0.3, -0.25) is 16.1 Å². The molecule has 0 amide bonds. The van der Waals surface area contributed by atoms with Crippen LogP contribution in [0.4, 0.5) is 33.3 Å². The Labute approximate surface area is 191 Å². The molecule has 2 aliphatic rings. The second kappa shape index (κ2) is 8.08. The number of hydrogen-bond donors (Lipinski definition) is 5. The maximum Gasteiger partial charge on any atom is 0.482 e. The van der Waals surface area contributed by atoms with E-state index in [1.807, 2.05) is 20.8 Å². The number of aromatic nitrogens is 1. The maximum absolute atomic E-state index is 12.9. The molecule has 0 radical (unpaired) electrons. The van der Waals surface area contributed by atoms with Gasteiger partial charge in [-0.15, -0.1) is 5.10 Å². The number of pyridine rings is 1. The molecule has 0 saturated heterocycles. The average molecular weight is 488 g/mol. The fourth-order valence-corrected chi connectivity index (χ4v) is 4.04. The number of hydrogen-bond acceptors (Lipinski definition) is 8. The molecule has 1 aromatic carbocycles. The molecule has 1 saturated carbocycles. The third-order valence-electron chi connectivity index (χ3n) is 5.76. The zero-order valence-corrected chi connectivity index (χ0v) is 18.6. The lowest BCUT2D eigenvalue weighted by Crippen LogP contribution is -2.60. The predicted octanol–water partition coefficient (Wildman–Crippen LogP) is 3.36. The normalized spacial score (nSPS) is 25.1. The Hall–Kier alpha value is -2.93. The molecule has 1 fully saturated rings. The van der Waals surface area contributed by atoms with E-state index in [1.54, 1.807) is 0 Å². The summed E-state index contributed by atoms with van der Waals surface area (Å²) in [6, 6.07) is 3.71.